The lowest BCUT2D eigenvalue weighted by Crippen LogP contribution is -2.48. The molecule has 2 aromatic heterocycles. The van der Waals surface area contributed by atoms with Crippen molar-refractivity contribution in [3.05, 3.63) is 63.5 Å². The molecule has 8 nitrogen and oxygen atoms in total. The number of aryl methyl sites for hydroxylation is 1. The van der Waals surface area contributed by atoms with Gasteiger partial charge in [-0.3, -0.25) is 14.2 Å². The highest BCUT2D eigenvalue weighted by Gasteiger charge is 2.40. The van der Waals surface area contributed by atoms with Crippen molar-refractivity contribution in [1.82, 2.24) is 19.4 Å². The van der Waals surface area contributed by atoms with Crippen LogP contribution in [0.25, 0.3) is 11.0 Å². The summed E-state index contributed by atoms with van der Waals surface area (Å²) in [6.45, 7) is 4.04. The second kappa shape index (κ2) is 9.81. The monoisotopic (exact) mass is 515 g/mol. The molecule has 0 spiro atoms. The summed E-state index contributed by atoms with van der Waals surface area (Å²) < 4.78 is 49.0. The number of halogens is 3. The highest BCUT2D eigenvalue weighted by molar-refractivity contribution is 6.17. The predicted octanol–water partition coefficient (Wildman–Crippen LogP) is 2.81. The molecule has 0 aliphatic carbocycles. The normalized spacial score (nSPS) is 17.1. The number of anilines is 1. The molecule has 1 fully saturated rings. The number of benzene rings is 1. The maximum absolute atomic E-state index is 15.0. The number of likely N-dealkylation sites (tertiary alicyclic amines) is 1. The van der Waals surface area contributed by atoms with E-state index >= 15 is 4.39 Å². The van der Waals surface area contributed by atoms with E-state index in [4.69, 9.17) is 4.74 Å². The maximum Gasteiger partial charge on any atom is 0.266 e. The van der Waals surface area contributed by atoms with Gasteiger partial charge in [0.25, 0.3) is 12.0 Å². The highest BCUT2D eigenvalue weighted by Crippen LogP contribution is 2.37. The summed E-state index contributed by atoms with van der Waals surface area (Å²) in [7, 11) is 4.79. The van der Waals surface area contributed by atoms with Crippen molar-refractivity contribution in [1.29, 1.82) is 0 Å². The topological polar surface area (TPSA) is 89.4 Å². The summed E-state index contributed by atoms with van der Waals surface area (Å²) >= 11 is 0. The van der Waals surface area contributed by atoms with E-state index in [-0.39, 0.29) is 17.0 Å². The van der Waals surface area contributed by atoms with Gasteiger partial charge in [-0.1, -0.05) is 18.2 Å². The SMILES string of the molecule is BC(C)(Nc1ncnc2c1cc(C1(OC)CCN(C(C)=O)CC1)c(=O)n2C)c1cccc(C(F)F)c1F. The first-order valence-electron chi connectivity index (χ1n) is 11.9. The average Bonchev–Trinajstić information content (AvgIpc) is 2.86. The third-order valence-corrected chi connectivity index (χ3v) is 7.27. The number of alkyl halides is 2. The van der Waals surface area contributed by atoms with E-state index in [9.17, 15) is 18.4 Å². The molecule has 1 N–H and O–H groups in total. The molecule has 1 aromatic carbocycles. The molecule has 1 atom stereocenters. The number of hydrogen-bond acceptors (Lipinski definition) is 6. The van der Waals surface area contributed by atoms with Crippen LogP contribution in [0, 0.1) is 5.82 Å². The Morgan fingerprint density at radius 2 is 1.95 bits per heavy atom. The fraction of sp³-hybridized carbons (Fsp3) is 0.440. The number of carbonyl (C=O) groups is 1. The first-order valence-corrected chi connectivity index (χ1v) is 11.9. The average molecular weight is 515 g/mol. The third kappa shape index (κ3) is 4.70. The molecule has 1 unspecified atom stereocenters. The van der Waals surface area contributed by atoms with Gasteiger partial charge in [-0.05, 0) is 25.8 Å². The lowest BCUT2D eigenvalue weighted by atomic mass is 9.73. The van der Waals surface area contributed by atoms with Crippen LogP contribution in [0.15, 0.2) is 35.4 Å². The maximum atomic E-state index is 15.0. The first-order chi connectivity index (χ1) is 17.4. The summed E-state index contributed by atoms with van der Waals surface area (Å²) in [5.74, 6) is -0.723. The minimum absolute atomic E-state index is 0.0404. The number of aromatic nitrogens is 3. The molecule has 1 aliphatic heterocycles. The van der Waals surface area contributed by atoms with Crippen LogP contribution in [0.2, 0.25) is 0 Å². The number of fused-ring (bicyclic) bond motifs is 1. The van der Waals surface area contributed by atoms with E-state index in [0.29, 0.717) is 48.3 Å². The van der Waals surface area contributed by atoms with Gasteiger partial charge in [-0.2, -0.15) is 0 Å². The molecule has 4 rings (SSSR count). The molecule has 3 heterocycles. The van der Waals surface area contributed by atoms with Crippen molar-refractivity contribution in [3.8, 4) is 0 Å². The van der Waals surface area contributed by atoms with E-state index in [2.05, 4.69) is 15.3 Å². The van der Waals surface area contributed by atoms with Crippen molar-refractivity contribution in [2.24, 2.45) is 7.05 Å². The number of ether oxygens (including phenoxy) is 1. The summed E-state index contributed by atoms with van der Waals surface area (Å²) in [4.78, 5) is 35.6. The largest absolute Gasteiger partial charge is 0.373 e. The van der Waals surface area contributed by atoms with E-state index < -0.39 is 28.8 Å². The van der Waals surface area contributed by atoms with Gasteiger partial charge >= 0.3 is 0 Å². The molecular weight excluding hydrogens is 486 g/mol. The third-order valence-electron chi connectivity index (χ3n) is 7.27. The zero-order chi connectivity index (χ0) is 27.1. The van der Waals surface area contributed by atoms with Gasteiger partial charge in [0.2, 0.25) is 5.91 Å². The number of amides is 1. The molecule has 12 heteroatoms. The number of methoxy groups -OCH3 is 1. The molecule has 3 aromatic rings. The molecule has 1 aliphatic rings. The van der Waals surface area contributed by atoms with Gasteiger partial charge in [0.05, 0.1) is 16.5 Å². The van der Waals surface area contributed by atoms with Crippen molar-refractivity contribution in [2.45, 2.75) is 44.2 Å². The number of rotatable bonds is 6. The fourth-order valence-corrected chi connectivity index (χ4v) is 5.03. The standard InChI is InChI=1S/C25H29BF3N5O3/c1-14(35)34-10-8-25(37-4,9-11-34)18-12-16-21(30-13-31-22(16)33(3)23(18)36)32-24(2,26)17-7-5-6-15(19(17)27)20(28)29/h5-7,12-13,20H,8-11,26H2,1-4H3,(H,30,31,32). The van der Waals surface area contributed by atoms with E-state index in [1.165, 1.54) is 37.1 Å². The highest BCUT2D eigenvalue weighted by atomic mass is 19.3. The minimum atomic E-state index is -2.95. The van der Waals surface area contributed by atoms with Crippen molar-refractivity contribution < 1.29 is 22.7 Å². The summed E-state index contributed by atoms with van der Waals surface area (Å²) in [5.41, 5.74) is -2.24. The Hall–Kier alpha value is -3.41. The second-order valence-electron chi connectivity index (χ2n) is 9.85. The predicted molar refractivity (Wildman–Crippen MR) is 136 cm³/mol. The zero-order valence-corrected chi connectivity index (χ0v) is 21.4. The van der Waals surface area contributed by atoms with Gasteiger partial charge in [-0.15, -0.1) is 0 Å². The van der Waals surface area contributed by atoms with Crippen LogP contribution in [0.4, 0.5) is 19.0 Å². The van der Waals surface area contributed by atoms with Crippen LogP contribution >= 0.6 is 0 Å². The van der Waals surface area contributed by atoms with E-state index in [1.807, 2.05) is 0 Å². The zero-order valence-electron chi connectivity index (χ0n) is 21.4. The molecule has 196 valence electrons. The number of nitrogens with zero attached hydrogens (tertiary/aromatic N) is 4. The van der Waals surface area contributed by atoms with Crippen LogP contribution in [-0.4, -0.2) is 53.4 Å². The number of pyridine rings is 1. The number of carbonyl (C=O) groups excluding carboxylic acids is 1. The summed E-state index contributed by atoms with van der Waals surface area (Å²) in [6, 6.07) is 5.57. The van der Waals surface area contributed by atoms with Gasteiger partial charge in [0.15, 0.2) is 0 Å². The summed E-state index contributed by atoms with van der Waals surface area (Å²) in [6.07, 6.45) is -0.815. The molecular formula is C25H29BF3N5O3. The molecule has 0 bridgehead atoms. The van der Waals surface area contributed by atoms with Crippen molar-refractivity contribution in [3.63, 3.8) is 0 Å². The van der Waals surface area contributed by atoms with Crippen LogP contribution < -0.4 is 10.9 Å². The van der Waals surface area contributed by atoms with Crippen LogP contribution in [-0.2, 0) is 27.6 Å². The first kappa shape index (κ1) is 26.7. The van der Waals surface area contributed by atoms with Gasteiger partial charge in [0, 0.05) is 45.2 Å². The van der Waals surface area contributed by atoms with Gasteiger partial charge in [-0.25, -0.2) is 23.1 Å². The Labute approximate surface area is 213 Å². The summed E-state index contributed by atoms with van der Waals surface area (Å²) in [5, 5.41) is 3.66. The molecule has 0 saturated carbocycles. The van der Waals surface area contributed by atoms with Gasteiger partial charge in [0.1, 0.15) is 37.1 Å². The smallest absolute Gasteiger partial charge is 0.266 e. The number of hydrogen-bond donors (Lipinski definition) is 1. The number of nitrogens with one attached hydrogen (secondary N) is 1. The van der Waals surface area contributed by atoms with Crippen LogP contribution in [0.5, 0.6) is 0 Å². The van der Waals surface area contributed by atoms with Crippen LogP contribution in [0.3, 0.4) is 0 Å². The lowest BCUT2D eigenvalue weighted by molar-refractivity contribution is -0.135. The molecule has 0 radical (unpaired) electrons. The Morgan fingerprint density at radius 1 is 1.27 bits per heavy atom. The second-order valence-corrected chi connectivity index (χ2v) is 9.85. The fourth-order valence-electron chi connectivity index (χ4n) is 5.03. The number of piperidine rings is 1. The Bertz CT molecular complexity index is 1400. The van der Waals surface area contributed by atoms with Crippen molar-refractivity contribution in [2.75, 3.05) is 25.5 Å². The molecule has 1 saturated heterocycles. The van der Waals surface area contributed by atoms with E-state index in [1.54, 1.807) is 32.8 Å². The van der Waals surface area contributed by atoms with Crippen molar-refractivity contribution >= 4 is 30.6 Å². The lowest BCUT2D eigenvalue weighted by Gasteiger charge is -2.40. The van der Waals surface area contributed by atoms with Crippen LogP contribution in [0.1, 0.15) is 49.8 Å². The van der Waals surface area contributed by atoms with E-state index in [0.717, 1.165) is 6.07 Å². The molecule has 37 heavy (non-hydrogen) atoms. The quantitative estimate of drug-likeness (QED) is 0.508. The molecule has 1 amide bonds. The Morgan fingerprint density at radius 3 is 2.54 bits per heavy atom. The Kier molecular flexibility index (Phi) is 7.07. The minimum Gasteiger partial charge on any atom is -0.373 e. The van der Waals surface area contributed by atoms with Gasteiger partial charge < -0.3 is 15.0 Å². The Balaban J connectivity index is 1.81.